The molecule has 0 bridgehead atoms. The van der Waals surface area contributed by atoms with Crippen LogP contribution in [0.25, 0.3) is 10.9 Å². The van der Waals surface area contributed by atoms with Crippen LogP contribution in [-0.4, -0.2) is 39.6 Å². The Hall–Kier alpha value is -2.64. The number of carbonyl (C=O) groups excluding carboxylic acids is 1. The zero-order valence-electron chi connectivity index (χ0n) is 16.2. The molecule has 6 nitrogen and oxygen atoms in total. The summed E-state index contributed by atoms with van der Waals surface area (Å²) in [5.74, 6) is 0.447. The summed E-state index contributed by atoms with van der Waals surface area (Å²) in [6.07, 6.45) is 2.01. The third-order valence-electron chi connectivity index (χ3n) is 4.47. The van der Waals surface area contributed by atoms with Gasteiger partial charge in [0.25, 0.3) is 5.56 Å². The van der Waals surface area contributed by atoms with Crippen molar-refractivity contribution in [3.8, 4) is 0 Å². The zero-order chi connectivity index (χ0) is 20.1. The van der Waals surface area contributed by atoms with Gasteiger partial charge in [-0.25, -0.2) is 4.98 Å². The normalized spacial score (nSPS) is 11.3. The van der Waals surface area contributed by atoms with E-state index in [-0.39, 0.29) is 24.1 Å². The summed E-state index contributed by atoms with van der Waals surface area (Å²) in [6.45, 7) is 4.62. The van der Waals surface area contributed by atoms with Crippen molar-refractivity contribution in [1.82, 2.24) is 14.9 Å². The highest BCUT2D eigenvalue weighted by atomic mass is 32.2. The lowest BCUT2D eigenvalue weighted by Gasteiger charge is -2.25. The topological polar surface area (TPSA) is 78.1 Å². The summed E-state index contributed by atoms with van der Waals surface area (Å²) in [5, 5.41) is 3.49. The molecular formula is C21H24N4O2S. The minimum Gasteiger partial charge on any atom is -0.325 e. The molecule has 1 aromatic heterocycles. The van der Waals surface area contributed by atoms with Gasteiger partial charge in [0.2, 0.25) is 5.91 Å². The fraction of sp³-hybridized carbons (Fsp3) is 0.286. The Morgan fingerprint density at radius 1 is 1.18 bits per heavy atom. The van der Waals surface area contributed by atoms with Gasteiger partial charge in [-0.05, 0) is 56.5 Å². The molecule has 146 valence electrons. The van der Waals surface area contributed by atoms with Crippen LogP contribution < -0.4 is 10.9 Å². The smallest absolute Gasteiger partial charge is 0.258 e. The first-order valence-electron chi connectivity index (χ1n) is 9.12. The van der Waals surface area contributed by atoms with Crippen LogP contribution in [0.1, 0.15) is 19.7 Å². The number of hydrogen-bond donors (Lipinski definition) is 2. The van der Waals surface area contributed by atoms with E-state index in [9.17, 15) is 9.59 Å². The van der Waals surface area contributed by atoms with E-state index >= 15 is 0 Å². The van der Waals surface area contributed by atoms with Crippen molar-refractivity contribution in [2.24, 2.45) is 0 Å². The van der Waals surface area contributed by atoms with E-state index < -0.39 is 0 Å². The third-order valence-corrected chi connectivity index (χ3v) is 5.21. The van der Waals surface area contributed by atoms with Crippen LogP contribution in [0.5, 0.6) is 0 Å². The summed E-state index contributed by atoms with van der Waals surface area (Å²) in [4.78, 5) is 35.3. The molecule has 0 unspecified atom stereocenters. The van der Waals surface area contributed by atoms with Crippen molar-refractivity contribution in [3.63, 3.8) is 0 Å². The van der Waals surface area contributed by atoms with E-state index in [4.69, 9.17) is 0 Å². The van der Waals surface area contributed by atoms with Crippen molar-refractivity contribution >= 4 is 34.3 Å². The van der Waals surface area contributed by atoms with Gasteiger partial charge >= 0.3 is 0 Å². The molecule has 1 amide bonds. The number of anilines is 1. The lowest BCUT2D eigenvalue weighted by atomic mass is 10.2. The fourth-order valence-electron chi connectivity index (χ4n) is 2.88. The minimum atomic E-state index is -0.164. The van der Waals surface area contributed by atoms with Crippen LogP contribution in [0.4, 0.5) is 5.69 Å². The first-order chi connectivity index (χ1) is 13.5. The number of aromatic amines is 1. The summed E-state index contributed by atoms with van der Waals surface area (Å²) in [7, 11) is 0. The monoisotopic (exact) mass is 396 g/mol. The number of H-pyrrole nitrogens is 1. The lowest BCUT2D eigenvalue weighted by molar-refractivity contribution is -0.117. The van der Waals surface area contributed by atoms with Crippen molar-refractivity contribution < 1.29 is 4.79 Å². The molecule has 2 N–H and O–H groups in total. The van der Waals surface area contributed by atoms with Gasteiger partial charge in [0.1, 0.15) is 5.82 Å². The minimum absolute atomic E-state index is 0.103. The fourth-order valence-corrected chi connectivity index (χ4v) is 3.29. The molecule has 0 aliphatic carbocycles. The van der Waals surface area contributed by atoms with E-state index in [1.54, 1.807) is 17.8 Å². The number of nitrogens with one attached hydrogen (secondary N) is 2. The average molecular weight is 397 g/mol. The molecule has 0 aliphatic heterocycles. The number of benzene rings is 2. The standard InChI is InChI=1S/C21H24N4O2S/c1-14(2)25(13-20(26)22-15-8-10-16(28-3)11-9-15)12-19-23-18-7-5-4-6-17(18)21(27)24-19/h4-11,14H,12-13H2,1-3H3,(H,22,26)(H,23,24,27). The van der Waals surface area contributed by atoms with Gasteiger partial charge in [-0.2, -0.15) is 0 Å². The maximum absolute atomic E-state index is 12.5. The van der Waals surface area contributed by atoms with Crippen molar-refractivity contribution in [2.75, 3.05) is 18.1 Å². The first-order valence-corrected chi connectivity index (χ1v) is 10.3. The number of hydrogen-bond acceptors (Lipinski definition) is 5. The number of aromatic nitrogens is 2. The molecule has 3 rings (SSSR count). The number of fused-ring (bicyclic) bond motifs is 1. The molecular weight excluding hydrogens is 372 g/mol. The maximum atomic E-state index is 12.5. The molecule has 7 heteroatoms. The Kier molecular flexibility index (Phi) is 6.49. The second-order valence-electron chi connectivity index (χ2n) is 6.81. The van der Waals surface area contributed by atoms with Crippen molar-refractivity contribution in [3.05, 3.63) is 64.7 Å². The molecule has 0 radical (unpaired) electrons. The lowest BCUT2D eigenvalue weighted by Crippen LogP contribution is -2.38. The Bertz CT molecular complexity index is 1010. The summed E-state index contributed by atoms with van der Waals surface area (Å²) in [6, 6.07) is 15.1. The van der Waals surface area contributed by atoms with Crippen LogP contribution in [0.3, 0.4) is 0 Å². The highest BCUT2D eigenvalue weighted by Crippen LogP contribution is 2.17. The maximum Gasteiger partial charge on any atom is 0.258 e. The Morgan fingerprint density at radius 3 is 2.57 bits per heavy atom. The number of thioether (sulfide) groups is 1. The van der Waals surface area contributed by atoms with Gasteiger partial charge in [0.15, 0.2) is 0 Å². The highest BCUT2D eigenvalue weighted by Gasteiger charge is 2.16. The molecule has 0 spiro atoms. The van der Waals surface area contributed by atoms with Gasteiger partial charge in [-0.15, -0.1) is 11.8 Å². The average Bonchev–Trinajstić information content (AvgIpc) is 2.68. The molecule has 28 heavy (non-hydrogen) atoms. The van der Waals surface area contributed by atoms with Gasteiger partial charge in [-0.3, -0.25) is 14.5 Å². The van der Waals surface area contributed by atoms with Gasteiger partial charge in [0.05, 0.1) is 24.0 Å². The van der Waals surface area contributed by atoms with Crippen molar-refractivity contribution in [1.29, 1.82) is 0 Å². The predicted octanol–water partition coefficient (Wildman–Crippen LogP) is 3.49. The van der Waals surface area contributed by atoms with Crippen LogP contribution in [-0.2, 0) is 11.3 Å². The van der Waals surface area contributed by atoms with Crippen molar-refractivity contribution in [2.45, 2.75) is 31.3 Å². The summed E-state index contributed by atoms with van der Waals surface area (Å²) < 4.78 is 0. The Morgan fingerprint density at radius 2 is 1.89 bits per heavy atom. The molecule has 0 saturated carbocycles. The zero-order valence-corrected chi connectivity index (χ0v) is 17.0. The molecule has 3 aromatic rings. The summed E-state index contributed by atoms with van der Waals surface area (Å²) >= 11 is 1.66. The van der Waals surface area contributed by atoms with E-state index in [0.29, 0.717) is 23.3 Å². The molecule has 0 saturated heterocycles. The largest absolute Gasteiger partial charge is 0.325 e. The van der Waals surface area contributed by atoms with Gasteiger partial charge in [0, 0.05) is 16.6 Å². The van der Waals surface area contributed by atoms with E-state index in [0.717, 1.165) is 10.6 Å². The first kappa shape index (κ1) is 20.1. The molecule has 0 fully saturated rings. The Labute approximate surface area is 168 Å². The molecule has 2 aromatic carbocycles. The number of para-hydroxylation sites is 1. The van der Waals surface area contributed by atoms with Crippen LogP contribution >= 0.6 is 11.8 Å². The second-order valence-corrected chi connectivity index (χ2v) is 7.68. The van der Waals surface area contributed by atoms with Crippen LogP contribution in [0.15, 0.2) is 58.2 Å². The number of amides is 1. The van der Waals surface area contributed by atoms with E-state index in [1.165, 1.54) is 0 Å². The van der Waals surface area contributed by atoms with Gasteiger partial charge in [-0.1, -0.05) is 12.1 Å². The van der Waals surface area contributed by atoms with Crippen LogP contribution in [0, 0.1) is 0 Å². The number of nitrogens with zero attached hydrogens (tertiary/aromatic N) is 2. The van der Waals surface area contributed by atoms with Crippen LogP contribution in [0.2, 0.25) is 0 Å². The van der Waals surface area contributed by atoms with Gasteiger partial charge < -0.3 is 10.3 Å². The number of carbonyl (C=O) groups is 1. The second kappa shape index (κ2) is 9.03. The van der Waals surface area contributed by atoms with E-state index in [2.05, 4.69) is 15.3 Å². The molecule has 0 atom stereocenters. The third kappa shape index (κ3) is 4.99. The Balaban J connectivity index is 1.71. The molecule has 1 heterocycles. The van der Waals surface area contributed by atoms with E-state index in [1.807, 2.05) is 67.5 Å². The predicted molar refractivity (Wildman–Crippen MR) is 115 cm³/mol. The number of rotatable bonds is 7. The highest BCUT2D eigenvalue weighted by molar-refractivity contribution is 7.98. The summed E-state index contributed by atoms with van der Waals surface area (Å²) in [5.41, 5.74) is 1.26. The SMILES string of the molecule is CSc1ccc(NC(=O)CN(Cc2nc3ccccc3c(=O)[nH]2)C(C)C)cc1. The molecule has 0 aliphatic rings. The quantitative estimate of drug-likeness (QED) is 0.598.